The smallest absolute Gasteiger partial charge is 0.209 e. The highest BCUT2D eigenvalue weighted by Gasteiger charge is 2.16. The molecule has 2 rings (SSSR count). The number of carbonyl (C=O) groups excluding carboxylic acids is 1. The minimum Gasteiger partial charge on any atom is -0.493 e. The minimum atomic E-state index is -0.111. The summed E-state index contributed by atoms with van der Waals surface area (Å²) in [6, 6.07) is 8.47. The van der Waals surface area contributed by atoms with Crippen LogP contribution in [0.2, 0.25) is 0 Å². The number of nitrogen functional groups attached to an aromatic ring is 1. The van der Waals surface area contributed by atoms with Gasteiger partial charge in [0.2, 0.25) is 5.78 Å². The van der Waals surface area contributed by atoms with Crippen molar-refractivity contribution in [3.63, 3.8) is 0 Å². The second kappa shape index (κ2) is 5.06. The van der Waals surface area contributed by atoms with E-state index in [0.29, 0.717) is 28.6 Å². The van der Waals surface area contributed by atoms with Gasteiger partial charge in [0.1, 0.15) is 5.82 Å². The molecular weight excluding hydrogens is 244 g/mol. The lowest BCUT2D eigenvalue weighted by molar-refractivity contribution is 0.103. The molecule has 0 bridgehead atoms. The molecule has 0 aliphatic heterocycles. The van der Waals surface area contributed by atoms with Gasteiger partial charge in [0.15, 0.2) is 11.5 Å². The third-order valence-corrected chi connectivity index (χ3v) is 3.04. The second-order valence-electron chi connectivity index (χ2n) is 4.10. The van der Waals surface area contributed by atoms with Gasteiger partial charge in [-0.3, -0.25) is 4.79 Å². The maximum absolute atomic E-state index is 12.4. The normalized spacial score (nSPS) is 10.3. The highest BCUT2D eigenvalue weighted by atomic mass is 16.5. The molecule has 0 unspecified atom stereocenters. The molecule has 5 heteroatoms. The van der Waals surface area contributed by atoms with E-state index in [-0.39, 0.29) is 5.78 Å². The number of methoxy groups -OCH3 is 2. The van der Waals surface area contributed by atoms with Crippen LogP contribution >= 0.6 is 0 Å². The summed E-state index contributed by atoms with van der Waals surface area (Å²) >= 11 is 0. The largest absolute Gasteiger partial charge is 0.493 e. The first-order valence-corrected chi connectivity index (χ1v) is 5.76. The Bertz CT molecular complexity index is 617. The van der Waals surface area contributed by atoms with E-state index >= 15 is 0 Å². The summed E-state index contributed by atoms with van der Waals surface area (Å²) in [5, 5.41) is 0. The molecule has 0 saturated carbocycles. The molecule has 0 atom stereocenters. The summed E-state index contributed by atoms with van der Waals surface area (Å²) in [5.41, 5.74) is 6.78. The van der Waals surface area contributed by atoms with E-state index in [1.807, 2.05) is 0 Å². The van der Waals surface area contributed by atoms with Gasteiger partial charge in [-0.05, 0) is 30.3 Å². The van der Waals surface area contributed by atoms with E-state index < -0.39 is 0 Å². The van der Waals surface area contributed by atoms with E-state index in [4.69, 9.17) is 15.2 Å². The zero-order valence-electron chi connectivity index (χ0n) is 11.1. The van der Waals surface area contributed by atoms with Crippen LogP contribution < -0.4 is 15.2 Å². The van der Waals surface area contributed by atoms with Crippen LogP contribution in [0.4, 0.5) is 5.82 Å². The van der Waals surface area contributed by atoms with Crippen molar-refractivity contribution in [2.24, 2.45) is 7.05 Å². The molecule has 2 N–H and O–H groups in total. The maximum Gasteiger partial charge on any atom is 0.209 e. The van der Waals surface area contributed by atoms with Crippen molar-refractivity contribution >= 4 is 11.6 Å². The van der Waals surface area contributed by atoms with E-state index in [1.165, 1.54) is 7.11 Å². The van der Waals surface area contributed by atoms with Crippen LogP contribution in [0.3, 0.4) is 0 Å². The fraction of sp³-hybridized carbons (Fsp3) is 0.214. The van der Waals surface area contributed by atoms with Gasteiger partial charge in [-0.2, -0.15) is 0 Å². The number of ether oxygens (including phenoxy) is 2. The van der Waals surface area contributed by atoms with E-state index in [9.17, 15) is 4.79 Å². The maximum atomic E-state index is 12.4. The average molecular weight is 260 g/mol. The topological polar surface area (TPSA) is 66.5 Å². The summed E-state index contributed by atoms with van der Waals surface area (Å²) < 4.78 is 12.0. The third kappa shape index (κ3) is 2.27. The molecule has 0 aliphatic rings. The van der Waals surface area contributed by atoms with Crippen molar-refractivity contribution in [2.45, 2.75) is 0 Å². The van der Waals surface area contributed by atoms with Crippen molar-refractivity contribution in [1.82, 2.24) is 4.57 Å². The Labute approximate surface area is 111 Å². The zero-order chi connectivity index (χ0) is 14.0. The number of benzene rings is 1. The summed E-state index contributed by atoms with van der Waals surface area (Å²) in [5.74, 6) is 1.55. The molecule has 1 heterocycles. The molecule has 2 aromatic rings. The van der Waals surface area contributed by atoms with Gasteiger partial charge in [-0.15, -0.1) is 0 Å². The van der Waals surface area contributed by atoms with Crippen molar-refractivity contribution in [3.8, 4) is 11.5 Å². The lowest BCUT2D eigenvalue weighted by Crippen LogP contribution is -2.09. The number of hydrogen-bond donors (Lipinski definition) is 1. The van der Waals surface area contributed by atoms with E-state index in [0.717, 1.165) is 0 Å². The Morgan fingerprint density at radius 3 is 2.32 bits per heavy atom. The Kier molecular flexibility index (Phi) is 3.46. The lowest BCUT2D eigenvalue weighted by Gasteiger charge is -2.09. The molecule has 19 heavy (non-hydrogen) atoms. The molecular formula is C14H16N2O3. The van der Waals surface area contributed by atoms with Gasteiger partial charge in [0.05, 0.1) is 19.9 Å². The zero-order valence-corrected chi connectivity index (χ0v) is 11.1. The fourth-order valence-corrected chi connectivity index (χ4v) is 1.88. The molecule has 0 radical (unpaired) electrons. The highest BCUT2D eigenvalue weighted by Crippen LogP contribution is 2.28. The second-order valence-corrected chi connectivity index (χ2v) is 4.10. The average Bonchev–Trinajstić information content (AvgIpc) is 2.77. The predicted octanol–water partition coefficient (Wildman–Crippen LogP) is 1.86. The van der Waals surface area contributed by atoms with Gasteiger partial charge < -0.3 is 19.8 Å². The van der Waals surface area contributed by atoms with Crippen molar-refractivity contribution < 1.29 is 14.3 Å². The van der Waals surface area contributed by atoms with Gasteiger partial charge >= 0.3 is 0 Å². The quantitative estimate of drug-likeness (QED) is 0.852. The number of nitrogens with zero attached hydrogens (tertiary/aromatic N) is 1. The molecule has 1 aromatic heterocycles. The number of anilines is 1. The summed E-state index contributed by atoms with van der Waals surface area (Å²) in [4.78, 5) is 12.4. The Balaban J connectivity index is 2.42. The van der Waals surface area contributed by atoms with Gasteiger partial charge in [0, 0.05) is 12.6 Å². The number of hydrogen-bond acceptors (Lipinski definition) is 4. The summed E-state index contributed by atoms with van der Waals surface area (Å²) in [7, 11) is 4.84. The summed E-state index contributed by atoms with van der Waals surface area (Å²) in [6.07, 6.45) is 0. The highest BCUT2D eigenvalue weighted by molar-refractivity contribution is 6.08. The first-order chi connectivity index (χ1) is 9.08. The van der Waals surface area contributed by atoms with Crippen LogP contribution in [-0.2, 0) is 7.05 Å². The van der Waals surface area contributed by atoms with Crippen molar-refractivity contribution in [2.75, 3.05) is 20.0 Å². The summed E-state index contributed by atoms with van der Waals surface area (Å²) in [6.45, 7) is 0. The van der Waals surface area contributed by atoms with Crippen LogP contribution in [0.25, 0.3) is 0 Å². The predicted molar refractivity (Wildman–Crippen MR) is 72.8 cm³/mol. The lowest BCUT2D eigenvalue weighted by atomic mass is 10.1. The first-order valence-electron chi connectivity index (χ1n) is 5.76. The third-order valence-electron chi connectivity index (χ3n) is 3.04. The first kappa shape index (κ1) is 13.0. The minimum absolute atomic E-state index is 0.111. The van der Waals surface area contributed by atoms with E-state index in [2.05, 4.69) is 0 Å². The van der Waals surface area contributed by atoms with Crippen LogP contribution in [-0.4, -0.2) is 24.6 Å². The molecule has 0 aliphatic carbocycles. The molecule has 1 aromatic carbocycles. The molecule has 100 valence electrons. The standard InChI is InChI=1S/C14H16N2O3/c1-16-10(5-7-13(16)15)14(17)9-4-6-11(18-2)12(8-9)19-3/h4-8H,15H2,1-3H3. The molecule has 0 saturated heterocycles. The Morgan fingerprint density at radius 1 is 1.11 bits per heavy atom. The monoisotopic (exact) mass is 260 g/mol. The molecule has 0 spiro atoms. The molecule has 0 amide bonds. The molecule has 5 nitrogen and oxygen atoms in total. The Morgan fingerprint density at radius 2 is 1.79 bits per heavy atom. The fourth-order valence-electron chi connectivity index (χ4n) is 1.88. The van der Waals surface area contributed by atoms with Gasteiger partial charge in [-0.25, -0.2) is 0 Å². The van der Waals surface area contributed by atoms with Gasteiger partial charge in [-0.1, -0.05) is 0 Å². The van der Waals surface area contributed by atoms with Gasteiger partial charge in [0.25, 0.3) is 0 Å². The number of carbonyl (C=O) groups is 1. The molecule has 0 fully saturated rings. The number of aromatic nitrogens is 1. The van der Waals surface area contributed by atoms with E-state index in [1.54, 1.807) is 49.1 Å². The van der Waals surface area contributed by atoms with Crippen LogP contribution in [0.15, 0.2) is 30.3 Å². The SMILES string of the molecule is COc1ccc(C(=O)c2ccc(N)n2C)cc1OC. The van der Waals surface area contributed by atoms with Crippen LogP contribution in [0.5, 0.6) is 11.5 Å². The van der Waals surface area contributed by atoms with Crippen molar-refractivity contribution in [3.05, 3.63) is 41.6 Å². The van der Waals surface area contributed by atoms with Crippen LogP contribution in [0, 0.1) is 0 Å². The van der Waals surface area contributed by atoms with Crippen molar-refractivity contribution in [1.29, 1.82) is 0 Å². The number of ketones is 1. The Hall–Kier alpha value is -2.43. The number of nitrogens with two attached hydrogens (primary N) is 1. The number of rotatable bonds is 4. The van der Waals surface area contributed by atoms with Crippen LogP contribution in [0.1, 0.15) is 16.1 Å².